The van der Waals surface area contributed by atoms with Gasteiger partial charge in [0.25, 0.3) is 0 Å². The van der Waals surface area contributed by atoms with E-state index in [-0.39, 0.29) is 0 Å². The van der Waals surface area contributed by atoms with Gasteiger partial charge in [-0.1, -0.05) is 24.3 Å². The zero-order valence-electron chi connectivity index (χ0n) is 10.6. The van der Waals surface area contributed by atoms with Gasteiger partial charge in [0.05, 0.1) is 5.69 Å². The first-order valence-corrected chi connectivity index (χ1v) is 5.88. The van der Waals surface area contributed by atoms with Gasteiger partial charge in [-0.2, -0.15) is 0 Å². The van der Waals surface area contributed by atoms with Crippen molar-refractivity contribution in [1.82, 2.24) is 10.3 Å². The summed E-state index contributed by atoms with van der Waals surface area (Å²) in [6.07, 6.45) is 1.94. The molecule has 0 bridgehead atoms. The predicted octanol–water partition coefficient (Wildman–Crippen LogP) is 3.08. The molecule has 2 heteroatoms. The van der Waals surface area contributed by atoms with Crippen LogP contribution < -0.4 is 5.32 Å². The predicted molar refractivity (Wildman–Crippen MR) is 71.9 cm³/mol. The lowest BCUT2D eigenvalue weighted by molar-refractivity contribution is 0.813. The maximum absolute atomic E-state index is 4.53. The first-order chi connectivity index (χ1) is 8.22. The highest BCUT2D eigenvalue weighted by Gasteiger charge is 2.04. The van der Waals surface area contributed by atoms with Crippen LogP contribution in [-0.4, -0.2) is 12.0 Å². The van der Waals surface area contributed by atoms with Crippen molar-refractivity contribution in [3.8, 4) is 11.3 Å². The van der Waals surface area contributed by atoms with Gasteiger partial charge in [-0.3, -0.25) is 4.98 Å². The van der Waals surface area contributed by atoms with Crippen molar-refractivity contribution in [3.05, 3.63) is 53.2 Å². The highest BCUT2D eigenvalue weighted by Crippen LogP contribution is 2.23. The van der Waals surface area contributed by atoms with Gasteiger partial charge in [0.15, 0.2) is 0 Å². The van der Waals surface area contributed by atoms with E-state index in [1.807, 2.05) is 13.2 Å². The molecule has 0 aliphatic carbocycles. The van der Waals surface area contributed by atoms with E-state index in [0.717, 1.165) is 12.2 Å². The standard InChI is InChI=1S/C15H18N2/c1-11-5-4-6-14(12(11)2)15-8-7-13(9-16-3)10-17-15/h4-8,10,16H,9H2,1-3H3. The third-order valence-electron chi connectivity index (χ3n) is 3.09. The molecule has 0 spiro atoms. The molecule has 1 N–H and O–H groups in total. The second-order valence-electron chi connectivity index (χ2n) is 4.33. The summed E-state index contributed by atoms with van der Waals surface area (Å²) in [6, 6.07) is 10.6. The lowest BCUT2D eigenvalue weighted by Gasteiger charge is -2.08. The van der Waals surface area contributed by atoms with Crippen LogP contribution in [0.3, 0.4) is 0 Å². The number of aryl methyl sites for hydroxylation is 1. The summed E-state index contributed by atoms with van der Waals surface area (Å²) in [5.74, 6) is 0. The first-order valence-electron chi connectivity index (χ1n) is 5.88. The minimum absolute atomic E-state index is 0.861. The van der Waals surface area contributed by atoms with Crippen molar-refractivity contribution in [2.45, 2.75) is 20.4 Å². The van der Waals surface area contributed by atoms with Crippen molar-refractivity contribution in [1.29, 1.82) is 0 Å². The van der Waals surface area contributed by atoms with Gasteiger partial charge in [-0.25, -0.2) is 0 Å². The van der Waals surface area contributed by atoms with Crippen molar-refractivity contribution >= 4 is 0 Å². The third-order valence-corrected chi connectivity index (χ3v) is 3.09. The molecule has 0 amide bonds. The van der Waals surface area contributed by atoms with E-state index in [9.17, 15) is 0 Å². The minimum atomic E-state index is 0.861. The topological polar surface area (TPSA) is 24.9 Å². The van der Waals surface area contributed by atoms with Crippen LogP contribution in [0.5, 0.6) is 0 Å². The van der Waals surface area contributed by atoms with Crippen LogP contribution in [0.25, 0.3) is 11.3 Å². The molecule has 1 aromatic heterocycles. The zero-order valence-corrected chi connectivity index (χ0v) is 10.6. The number of rotatable bonds is 3. The van der Waals surface area contributed by atoms with Crippen molar-refractivity contribution < 1.29 is 0 Å². The number of nitrogens with zero attached hydrogens (tertiary/aromatic N) is 1. The quantitative estimate of drug-likeness (QED) is 0.870. The molecule has 2 rings (SSSR count). The summed E-state index contributed by atoms with van der Waals surface area (Å²) in [6.45, 7) is 5.14. The number of hydrogen-bond acceptors (Lipinski definition) is 2. The van der Waals surface area contributed by atoms with Crippen LogP contribution in [-0.2, 0) is 6.54 Å². The number of hydrogen-bond donors (Lipinski definition) is 1. The second kappa shape index (κ2) is 5.11. The van der Waals surface area contributed by atoms with E-state index in [2.05, 4.69) is 54.5 Å². The Morgan fingerprint density at radius 2 is 1.94 bits per heavy atom. The second-order valence-corrected chi connectivity index (χ2v) is 4.33. The summed E-state index contributed by atoms with van der Waals surface area (Å²) in [7, 11) is 1.94. The molecule has 0 aliphatic heterocycles. The van der Waals surface area contributed by atoms with E-state index >= 15 is 0 Å². The Bertz CT molecular complexity index is 501. The fraction of sp³-hybridized carbons (Fsp3) is 0.267. The average Bonchev–Trinajstić information content (AvgIpc) is 2.34. The average molecular weight is 226 g/mol. The third kappa shape index (κ3) is 2.53. The maximum atomic E-state index is 4.53. The fourth-order valence-electron chi connectivity index (χ4n) is 1.92. The smallest absolute Gasteiger partial charge is 0.0704 e. The van der Waals surface area contributed by atoms with E-state index < -0.39 is 0 Å². The van der Waals surface area contributed by atoms with Gasteiger partial charge < -0.3 is 5.32 Å². The van der Waals surface area contributed by atoms with Crippen LogP contribution in [0.2, 0.25) is 0 Å². The van der Waals surface area contributed by atoms with Crippen LogP contribution in [0.15, 0.2) is 36.5 Å². The highest BCUT2D eigenvalue weighted by atomic mass is 14.8. The van der Waals surface area contributed by atoms with Gasteiger partial charge in [-0.05, 0) is 43.7 Å². The molecular weight excluding hydrogens is 208 g/mol. The maximum Gasteiger partial charge on any atom is 0.0704 e. The lowest BCUT2D eigenvalue weighted by Crippen LogP contribution is -2.05. The summed E-state index contributed by atoms with van der Waals surface area (Å²) in [4.78, 5) is 4.53. The Balaban J connectivity index is 2.36. The Labute approximate surface area is 103 Å². The molecule has 1 heterocycles. The molecule has 0 saturated heterocycles. The summed E-state index contributed by atoms with van der Waals surface area (Å²) in [5, 5.41) is 3.12. The van der Waals surface area contributed by atoms with Crippen molar-refractivity contribution in [2.75, 3.05) is 7.05 Å². The molecule has 0 fully saturated rings. The molecule has 0 unspecified atom stereocenters. The monoisotopic (exact) mass is 226 g/mol. The number of benzene rings is 1. The van der Waals surface area contributed by atoms with Crippen LogP contribution in [0.4, 0.5) is 0 Å². The van der Waals surface area contributed by atoms with Crippen molar-refractivity contribution in [3.63, 3.8) is 0 Å². The molecule has 0 saturated carbocycles. The number of aromatic nitrogens is 1. The van der Waals surface area contributed by atoms with Gasteiger partial charge in [0.2, 0.25) is 0 Å². The van der Waals surface area contributed by atoms with E-state index in [1.54, 1.807) is 0 Å². The number of nitrogens with one attached hydrogen (secondary N) is 1. The van der Waals surface area contributed by atoms with E-state index in [4.69, 9.17) is 0 Å². The van der Waals surface area contributed by atoms with Gasteiger partial charge in [0.1, 0.15) is 0 Å². The van der Waals surface area contributed by atoms with Gasteiger partial charge in [-0.15, -0.1) is 0 Å². The summed E-state index contributed by atoms with van der Waals surface area (Å²) < 4.78 is 0. The zero-order chi connectivity index (χ0) is 12.3. The van der Waals surface area contributed by atoms with Crippen molar-refractivity contribution in [2.24, 2.45) is 0 Å². The number of pyridine rings is 1. The molecular formula is C15H18N2. The molecule has 88 valence electrons. The van der Waals surface area contributed by atoms with Gasteiger partial charge in [0, 0.05) is 18.3 Å². The van der Waals surface area contributed by atoms with Gasteiger partial charge >= 0.3 is 0 Å². The first kappa shape index (κ1) is 11.8. The fourth-order valence-corrected chi connectivity index (χ4v) is 1.92. The molecule has 1 aromatic carbocycles. The summed E-state index contributed by atoms with van der Waals surface area (Å²) >= 11 is 0. The minimum Gasteiger partial charge on any atom is -0.316 e. The molecule has 0 radical (unpaired) electrons. The SMILES string of the molecule is CNCc1ccc(-c2cccc(C)c2C)nc1. The van der Waals surface area contributed by atoms with E-state index in [0.29, 0.717) is 0 Å². The Kier molecular flexibility index (Phi) is 3.55. The molecule has 2 aromatic rings. The van der Waals surface area contributed by atoms with Crippen LogP contribution in [0.1, 0.15) is 16.7 Å². The Morgan fingerprint density at radius 1 is 1.12 bits per heavy atom. The summed E-state index contributed by atoms with van der Waals surface area (Å²) in [5.41, 5.74) is 6.10. The molecule has 0 aliphatic rings. The molecule has 2 nitrogen and oxygen atoms in total. The van der Waals surface area contributed by atoms with Crippen LogP contribution >= 0.6 is 0 Å². The largest absolute Gasteiger partial charge is 0.316 e. The normalized spacial score (nSPS) is 10.5. The van der Waals surface area contributed by atoms with E-state index in [1.165, 1.54) is 22.3 Å². The molecule has 0 atom stereocenters. The van der Waals surface area contributed by atoms with Crippen LogP contribution in [0, 0.1) is 13.8 Å². The lowest BCUT2D eigenvalue weighted by atomic mass is 10.0. The highest BCUT2D eigenvalue weighted by molar-refractivity contribution is 5.64. The Morgan fingerprint density at radius 3 is 2.59 bits per heavy atom. The molecule has 17 heavy (non-hydrogen) atoms. The Hall–Kier alpha value is -1.67.